The Labute approximate surface area is 150 Å². The van der Waals surface area contributed by atoms with Gasteiger partial charge in [-0.15, -0.1) is 0 Å². The molecule has 3 aromatic heterocycles. The van der Waals surface area contributed by atoms with Crippen LogP contribution in [0.15, 0.2) is 43.0 Å². The SMILES string of the molecule is COc1ncc(Cl)cc1-c1cccnc1Oc1cnc(C(F)(F)F)nc1. The van der Waals surface area contributed by atoms with E-state index < -0.39 is 12.0 Å². The molecule has 3 aromatic rings. The van der Waals surface area contributed by atoms with Crippen LogP contribution in [0.1, 0.15) is 5.82 Å². The van der Waals surface area contributed by atoms with Crippen LogP contribution in [0, 0.1) is 0 Å². The first-order valence-corrected chi connectivity index (χ1v) is 7.48. The molecule has 0 bridgehead atoms. The molecule has 0 aliphatic heterocycles. The van der Waals surface area contributed by atoms with Crippen LogP contribution in [0.2, 0.25) is 5.02 Å². The first kappa shape index (κ1) is 17.9. The monoisotopic (exact) mass is 382 g/mol. The van der Waals surface area contributed by atoms with Crippen molar-refractivity contribution in [3.8, 4) is 28.6 Å². The second-order valence-corrected chi connectivity index (χ2v) is 5.35. The lowest BCUT2D eigenvalue weighted by molar-refractivity contribution is -0.145. The topological polar surface area (TPSA) is 70.0 Å². The molecule has 0 N–H and O–H groups in total. The molecule has 0 aliphatic rings. The summed E-state index contributed by atoms with van der Waals surface area (Å²) in [5, 5.41) is 0.369. The van der Waals surface area contributed by atoms with Gasteiger partial charge in [0, 0.05) is 18.0 Å². The van der Waals surface area contributed by atoms with Crippen molar-refractivity contribution in [2.75, 3.05) is 7.11 Å². The van der Waals surface area contributed by atoms with E-state index >= 15 is 0 Å². The number of nitrogens with zero attached hydrogens (tertiary/aromatic N) is 4. The van der Waals surface area contributed by atoms with Gasteiger partial charge in [0.05, 0.1) is 30.1 Å². The van der Waals surface area contributed by atoms with E-state index in [1.54, 1.807) is 18.2 Å². The zero-order valence-corrected chi connectivity index (χ0v) is 13.9. The van der Waals surface area contributed by atoms with Gasteiger partial charge in [0.15, 0.2) is 5.75 Å². The maximum Gasteiger partial charge on any atom is 0.451 e. The molecule has 0 amide bonds. The molecule has 10 heteroatoms. The van der Waals surface area contributed by atoms with Crippen LogP contribution < -0.4 is 9.47 Å². The van der Waals surface area contributed by atoms with Crippen molar-refractivity contribution in [2.24, 2.45) is 0 Å². The Morgan fingerprint density at radius 3 is 2.35 bits per heavy atom. The Bertz CT molecular complexity index is 920. The van der Waals surface area contributed by atoms with E-state index in [9.17, 15) is 13.2 Å². The molecule has 134 valence electrons. The van der Waals surface area contributed by atoms with E-state index in [4.69, 9.17) is 21.1 Å². The number of hydrogen-bond acceptors (Lipinski definition) is 6. The van der Waals surface area contributed by atoms with Gasteiger partial charge in [0.25, 0.3) is 0 Å². The Hall–Kier alpha value is -2.94. The summed E-state index contributed by atoms with van der Waals surface area (Å²) in [6.07, 6.45) is 0.0939. The van der Waals surface area contributed by atoms with Gasteiger partial charge in [0.2, 0.25) is 17.6 Å². The fraction of sp³-hybridized carbons (Fsp3) is 0.125. The average molecular weight is 383 g/mol. The van der Waals surface area contributed by atoms with Crippen molar-refractivity contribution in [1.82, 2.24) is 19.9 Å². The summed E-state index contributed by atoms with van der Waals surface area (Å²) >= 11 is 5.99. The maximum atomic E-state index is 12.5. The van der Waals surface area contributed by atoms with Gasteiger partial charge in [-0.25, -0.2) is 19.9 Å². The normalized spacial score (nSPS) is 11.3. The van der Waals surface area contributed by atoms with E-state index in [0.717, 1.165) is 12.4 Å². The van der Waals surface area contributed by atoms with E-state index in [1.807, 2.05) is 0 Å². The van der Waals surface area contributed by atoms with E-state index in [1.165, 1.54) is 19.5 Å². The zero-order chi connectivity index (χ0) is 18.7. The van der Waals surface area contributed by atoms with E-state index in [0.29, 0.717) is 16.1 Å². The van der Waals surface area contributed by atoms with Gasteiger partial charge in [-0.05, 0) is 18.2 Å². The van der Waals surface area contributed by atoms with Crippen LogP contribution in [-0.2, 0) is 6.18 Å². The van der Waals surface area contributed by atoms with E-state index in [-0.39, 0.29) is 17.5 Å². The fourth-order valence-electron chi connectivity index (χ4n) is 2.09. The summed E-state index contributed by atoms with van der Waals surface area (Å²) in [6, 6.07) is 4.95. The number of alkyl halides is 3. The van der Waals surface area contributed by atoms with Gasteiger partial charge in [-0.3, -0.25) is 0 Å². The molecule has 6 nitrogen and oxygen atoms in total. The van der Waals surface area contributed by atoms with Crippen molar-refractivity contribution in [1.29, 1.82) is 0 Å². The number of pyridine rings is 2. The smallest absolute Gasteiger partial charge is 0.451 e. The minimum absolute atomic E-state index is 0.00750. The molecule has 0 atom stereocenters. The Kier molecular flexibility index (Phi) is 4.90. The highest BCUT2D eigenvalue weighted by Gasteiger charge is 2.34. The van der Waals surface area contributed by atoms with Gasteiger partial charge >= 0.3 is 6.18 Å². The summed E-state index contributed by atoms with van der Waals surface area (Å²) in [4.78, 5) is 14.7. The van der Waals surface area contributed by atoms with Gasteiger partial charge in [-0.1, -0.05) is 11.6 Å². The molecule has 0 spiro atoms. The van der Waals surface area contributed by atoms with Crippen molar-refractivity contribution >= 4 is 11.6 Å². The van der Waals surface area contributed by atoms with Crippen LogP contribution in [0.3, 0.4) is 0 Å². The second-order valence-electron chi connectivity index (χ2n) is 4.91. The molecule has 0 aliphatic carbocycles. The standard InChI is InChI=1S/C16H10ClF3N4O2/c1-25-13-12(5-9(17)6-22-13)11-3-2-4-21-14(11)26-10-7-23-15(24-8-10)16(18,19)20/h2-8H,1H3. The van der Waals surface area contributed by atoms with Crippen LogP contribution in [0.5, 0.6) is 17.5 Å². The fourth-order valence-corrected chi connectivity index (χ4v) is 2.24. The largest absolute Gasteiger partial charge is 0.481 e. The second kappa shape index (κ2) is 7.12. The van der Waals surface area contributed by atoms with Crippen molar-refractivity contribution in [3.05, 3.63) is 53.8 Å². The molecule has 0 fully saturated rings. The molecule has 0 saturated heterocycles. The predicted octanol–water partition coefficient (Wildman–Crippen LogP) is 4.41. The number of halogens is 4. The van der Waals surface area contributed by atoms with Crippen molar-refractivity contribution in [2.45, 2.75) is 6.18 Å². The number of hydrogen-bond donors (Lipinski definition) is 0. The number of ether oxygens (including phenoxy) is 2. The van der Waals surface area contributed by atoms with Crippen LogP contribution in [-0.4, -0.2) is 27.0 Å². The highest BCUT2D eigenvalue weighted by molar-refractivity contribution is 6.30. The average Bonchev–Trinajstić information content (AvgIpc) is 2.62. The summed E-state index contributed by atoms with van der Waals surface area (Å²) in [6.45, 7) is 0. The number of aromatic nitrogens is 4. The maximum absolute atomic E-state index is 12.5. The molecule has 3 rings (SSSR count). The van der Waals surface area contributed by atoms with Crippen LogP contribution >= 0.6 is 11.6 Å². The van der Waals surface area contributed by atoms with Crippen LogP contribution in [0.4, 0.5) is 13.2 Å². The van der Waals surface area contributed by atoms with Gasteiger partial charge in [0.1, 0.15) is 0 Å². The molecule has 26 heavy (non-hydrogen) atoms. The first-order chi connectivity index (χ1) is 12.4. The summed E-state index contributed by atoms with van der Waals surface area (Å²) < 4.78 is 48.4. The molecule has 0 unspecified atom stereocenters. The minimum Gasteiger partial charge on any atom is -0.481 e. The van der Waals surface area contributed by atoms with Crippen LogP contribution in [0.25, 0.3) is 11.1 Å². The Morgan fingerprint density at radius 2 is 1.69 bits per heavy atom. The molecule has 0 aromatic carbocycles. The predicted molar refractivity (Wildman–Crippen MR) is 86.1 cm³/mol. The summed E-state index contributed by atoms with van der Waals surface area (Å²) in [5.74, 6) is -0.868. The molecule has 3 heterocycles. The lowest BCUT2D eigenvalue weighted by Crippen LogP contribution is -2.10. The Morgan fingerprint density at radius 1 is 0.962 bits per heavy atom. The lowest BCUT2D eigenvalue weighted by Gasteiger charge is -2.12. The lowest BCUT2D eigenvalue weighted by atomic mass is 10.1. The summed E-state index contributed by atoms with van der Waals surface area (Å²) in [5.41, 5.74) is 0.996. The Balaban J connectivity index is 1.97. The molecular weight excluding hydrogens is 373 g/mol. The molecule has 0 radical (unpaired) electrons. The van der Waals surface area contributed by atoms with Crippen molar-refractivity contribution < 1.29 is 22.6 Å². The number of methoxy groups -OCH3 is 1. The van der Waals surface area contributed by atoms with E-state index in [2.05, 4.69) is 19.9 Å². The third-order valence-electron chi connectivity index (χ3n) is 3.17. The zero-order valence-electron chi connectivity index (χ0n) is 13.2. The highest BCUT2D eigenvalue weighted by atomic mass is 35.5. The highest BCUT2D eigenvalue weighted by Crippen LogP contribution is 2.37. The summed E-state index contributed by atoms with van der Waals surface area (Å²) in [7, 11) is 1.44. The number of rotatable bonds is 4. The first-order valence-electron chi connectivity index (χ1n) is 7.10. The van der Waals surface area contributed by atoms with Gasteiger partial charge in [-0.2, -0.15) is 13.2 Å². The third kappa shape index (κ3) is 3.83. The van der Waals surface area contributed by atoms with Crippen molar-refractivity contribution in [3.63, 3.8) is 0 Å². The van der Waals surface area contributed by atoms with Gasteiger partial charge < -0.3 is 9.47 Å². The third-order valence-corrected chi connectivity index (χ3v) is 3.38. The quantitative estimate of drug-likeness (QED) is 0.665. The minimum atomic E-state index is -4.63. The molecular formula is C16H10ClF3N4O2. The molecule has 0 saturated carbocycles.